The molecule has 0 amide bonds. The zero-order chi connectivity index (χ0) is 18.5. The summed E-state index contributed by atoms with van der Waals surface area (Å²) in [5.41, 5.74) is 1.24. The molecule has 0 aliphatic heterocycles. The van der Waals surface area contributed by atoms with E-state index in [1.165, 1.54) is 17.8 Å². The third-order valence-electron chi connectivity index (χ3n) is 4.16. The van der Waals surface area contributed by atoms with Crippen molar-refractivity contribution in [3.8, 4) is 0 Å². The van der Waals surface area contributed by atoms with Gasteiger partial charge in [0.05, 0.1) is 10.9 Å². The number of para-hydroxylation sites is 1. The van der Waals surface area contributed by atoms with E-state index in [-0.39, 0.29) is 5.56 Å². The van der Waals surface area contributed by atoms with Crippen LogP contribution in [0.5, 0.6) is 0 Å². The molecule has 0 bridgehead atoms. The standard InChI is InChI=1S/C20H20F2N2OS/c1-2-3-6-11-24-19(25)15-7-4-5-8-18(15)23-20(24)26-13-14-9-10-16(21)17(22)12-14/h4-5,7-10,12H,2-3,6,11,13H2,1H3. The Hall–Kier alpha value is -2.21. The van der Waals surface area contributed by atoms with Crippen molar-refractivity contribution in [3.05, 3.63) is 70.0 Å². The molecular weight excluding hydrogens is 354 g/mol. The molecule has 2 aromatic carbocycles. The summed E-state index contributed by atoms with van der Waals surface area (Å²) in [6.07, 6.45) is 2.99. The van der Waals surface area contributed by atoms with Gasteiger partial charge in [0.15, 0.2) is 16.8 Å². The third kappa shape index (κ3) is 4.12. The van der Waals surface area contributed by atoms with E-state index < -0.39 is 11.6 Å². The fourth-order valence-electron chi connectivity index (χ4n) is 2.75. The average molecular weight is 374 g/mol. The summed E-state index contributed by atoms with van der Waals surface area (Å²) < 4.78 is 28.2. The number of unbranched alkanes of at least 4 members (excludes halogenated alkanes) is 2. The number of benzene rings is 2. The largest absolute Gasteiger partial charge is 0.287 e. The van der Waals surface area contributed by atoms with Crippen LogP contribution in [0, 0.1) is 11.6 Å². The molecule has 1 aromatic heterocycles. The Morgan fingerprint density at radius 3 is 2.65 bits per heavy atom. The predicted octanol–water partition coefficient (Wildman–Crippen LogP) is 5.16. The van der Waals surface area contributed by atoms with Gasteiger partial charge in [0.1, 0.15) is 0 Å². The van der Waals surface area contributed by atoms with Gasteiger partial charge < -0.3 is 0 Å². The number of halogens is 2. The Morgan fingerprint density at radius 1 is 1.08 bits per heavy atom. The minimum atomic E-state index is -0.866. The lowest BCUT2D eigenvalue weighted by Gasteiger charge is -2.13. The Bertz CT molecular complexity index is 972. The smallest absolute Gasteiger partial charge is 0.262 e. The van der Waals surface area contributed by atoms with Crippen LogP contribution in [0.3, 0.4) is 0 Å². The van der Waals surface area contributed by atoms with Crippen LogP contribution in [0.2, 0.25) is 0 Å². The minimum absolute atomic E-state index is 0.0560. The number of fused-ring (bicyclic) bond motifs is 1. The first-order valence-corrected chi connectivity index (χ1v) is 9.65. The molecule has 0 N–H and O–H groups in total. The summed E-state index contributed by atoms with van der Waals surface area (Å²) in [7, 11) is 0. The lowest BCUT2D eigenvalue weighted by atomic mass is 10.2. The van der Waals surface area contributed by atoms with Gasteiger partial charge in [-0.25, -0.2) is 13.8 Å². The monoisotopic (exact) mass is 374 g/mol. The van der Waals surface area contributed by atoms with Gasteiger partial charge in [-0.05, 0) is 36.2 Å². The van der Waals surface area contributed by atoms with Crippen LogP contribution in [0.25, 0.3) is 10.9 Å². The van der Waals surface area contributed by atoms with E-state index in [0.717, 1.165) is 25.3 Å². The van der Waals surface area contributed by atoms with E-state index in [1.54, 1.807) is 16.7 Å². The minimum Gasteiger partial charge on any atom is -0.287 e. The third-order valence-corrected chi connectivity index (χ3v) is 5.21. The van der Waals surface area contributed by atoms with Crippen molar-refractivity contribution in [1.82, 2.24) is 9.55 Å². The van der Waals surface area contributed by atoms with Crippen LogP contribution in [-0.2, 0) is 12.3 Å². The zero-order valence-corrected chi connectivity index (χ0v) is 15.4. The first-order valence-electron chi connectivity index (χ1n) is 8.66. The van der Waals surface area contributed by atoms with Crippen molar-refractivity contribution in [1.29, 1.82) is 0 Å². The van der Waals surface area contributed by atoms with Crippen LogP contribution >= 0.6 is 11.8 Å². The van der Waals surface area contributed by atoms with E-state index in [1.807, 2.05) is 18.2 Å². The first kappa shape index (κ1) is 18.6. The molecule has 0 aliphatic rings. The van der Waals surface area contributed by atoms with Gasteiger partial charge in [-0.3, -0.25) is 9.36 Å². The van der Waals surface area contributed by atoms with Crippen molar-refractivity contribution in [3.63, 3.8) is 0 Å². The fraction of sp³-hybridized carbons (Fsp3) is 0.300. The normalized spacial score (nSPS) is 11.2. The van der Waals surface area contributed by atoms with Crippen molar-refractivity contribution in [2.24, 2.45) is 0 Å². The van der Waals surface area contributed by atoms with Crippen LogP contribution in [0.4, 0.5) is 8.78 Å². The molecule has 3 nitrogen and oxygen atoms in total. The van der Waals surface area contributed by atoms with E-state index in [9.17, 15) is 13.6 Å². The van der Waals surface area contributed by atoms with Crippen molar-refractivity contribution < 1.29 is 8.78 Å². The molecule has 3 rings (SSSR count). The number of thioether (sulfide) groups is 1. The van der Waals surface area contributed by atoms with Crippen LogP contribution in [0.15, 0.2) is 52.4 Å². The molecule has 1 heterocycles. The van der Waals surface area contributed by atoms with Gasteiger partial charge in [0.2, 0.25) is 0 Å². The topological polar surface area (TPSA) is 34.9 Å². The second-order valence-corrected chi connectivity index (χ2v) is 7.06. The Balaban J connectivity index is 1.92. The van der Waals surface area contributed by atoms with Gasteiger partial charge >= 0.3 is 0 Å². The fourth-order valence-corrected chi connectivity index (χ4v) is 3.72. The summed E-state index contributed by atoms with van der Waals surface area (Å²) in [6.45, 7) is 2.71. The van der Waals surface area contributed by atoms with Crippen molar-refractivity contribution >= 4 is 22.7 Å². The summed E-state index contributed by atoms with van der Waals surface area (Å²) in [5, 5.41) is 1.20. The Morgan fingerprint density at radius 2 is 1.88 bits per heavy atom. The van der Waals surface area contributed by atoms with Crippen molar-refractivity contribution in [2.75, 3.05) is 0 Å². The summed E-state index contributed by atoms with van der Waals surface area (Å²) in [5.74, 6) is -1.32. The molecule has 0 spiro atoms. The average Bonchev–Trinajstić information content (AvgIpc) is 2.65. The maximum Gasteiger partial charge on any atom is 0.262 e. The van der Waals surface area contributed by atoms with E-state index in [2.05, 4.69) is 11.9 Å². The van der Waals surface area contributed by atoms with Crippen LogP contribution < -0.4 is 5.56 Å². The Labute approximate surface area is 155 Å². The molecule has 0 fully saturated rings. The zero-order valence-electron chi connectivity index (χ0n) is 14.5. The van der Waals surface area contributed by atoms with Gasteiger partial charge in [-0.15, -0.1) is 0 Å². The number of hydrogen-bond donors (Lipinski definition) is 0. The summed E-state index contributed by atoms with van der Waals surface area (Å²) >= 11 is 1.36. The van der Waals surface area contributed by atoms with E-state index in [0.29, 0.717) is 33.9 Å². The molecule has 0 saturated carbocycles. The van der Waals surface area contributed by atoms with Gasteiger partial charge in [0.25, 0.3) is 5.56 Å². The first-order chi connectivity index (χ1) is 12.6. The number of rotatable bonds is 7. The lowest BCUT2D eigenvalue weighted by Crippen LogP contribution is -2.23. The number of nitrogens with zero attached hydrogens (tertiary/aromatic N) is 2. The van der Waals surface area contributed by atoms with Crippen molar-refractivity contribution in [2.45, 2.75) is 43.6 Å². The van der Waals surface area contributed by atoms with E-state index in [4.69, 9.17) is 0 Å². The second-order valence-electron chi connectivity index (χ2n) is 6.11. The van der Waals surface area contributed by atoms with E-state index >= 15 is 0 Å². The summed E-state index contributed by atoms with van der Waals surface area (Å²) in [6, 6.07) is 11.1. The highest BCUT2D eigenvalue weighted by Gasteiger charge is 2.12. The highest BCUT2D eigenvalue weighted by atomic mass is 32.2. The molecule has 0 saturated heterocycles. The molecule has 0 atom stereocenters. The quantitative estimate of drug-likeness (QED) is 0.326. The second kappa shape index (κ2) is 8.45. The molecule has 0 aliphatic carbocycles. The maximum absolute atomic E-state index is 13.4. The van der Waals surface area contributed by atoms with Gasteiger partial charge in [0, 0.05) is 12.3 Å². The maximum atomic E-state index is 13.4. The van der Waals surface area contributed by atoms with Crippen LogP contribution in [0.1, 0.15) is 31.7 Å². The molecule has 6 heteroatoms. The summed E-state index contributed by atoms with van der Waals surface area (Å²) in [4.78, 5) is 17.5. The number of hydrogen-bond acceptors (Lipinski definition) is 3. The van der Waals surface area contributed by atoms with Gasteiger partial charge in [-0.1, -0.05) is 49.7 Å². The molecule has 0 radical (unpaired) electrons. The molecule has 136 valence electrons. The molecule has 0 unspecified atom stereocenters. The van der Waals surface area contributed by atoms with Crippen LogP contribution in [-0.4, -0.2) is 9.55 Å². The highest BCUT2D eigenvalue weighted by molar-refractivity contribution is 7.98. The lowest BCUT2D eigenvalue weighted by molar-refractivity contribution is 0.507. The highest BCUT2D eigenvalue weighted by Crippen LogP contribution is 2.23. The van der Waals surface area contributed by atoms with Gasteiger partial charge in [-0.2, -0.15) is 0 Å². The predicted molar refractivity (Wildman–Crippen MR) is 101 cm³/mol. The molecule has 26 heavy (non-hydrogen) atoms. The Kier molecular flexibility index (Phi) is 6.04. The SMILES string of the molecule is CCCCCn1c(SCc2ccc(F)c(F)c2)nc2ccccc2c1=O. The molecule has 3 aromatic rings. The molecular formula is C20H20F2N2OS. The number of aromatic nitrogens is 2.